The van der Waals surface area contributed by atoms with Gasteiger partial charge in [0.2, 0.25) is 0 Å². The monoisotopic (exact) mass is 540 g/mol. The molecule has 1 heterocycles. The van der Waals surface area contributed by atoms with Crippen molar-refractivity contribution in [3.63, 3.8) is 0 Å². The van der Waals surface area contributed by atoms with Gasteiger partial charge in [-0.2, -0.15) is 5.26 Å². The van der Waals surface area contributed by atoms with E-state index >= 15 is 0 Å². The highest BCUT2D eigenvalue weighted by Gasteiger charge is 2.35. The van der Waals surface area contributed by atoms with E-state index in [4.69, 9.17) is 21.1 Å². The van der Waals surface area contributed by atoms with Gasteiger partial charge in [0, 0.05) is 0 Å². The normalized spacial score (nSPS) is 14.2. The number of nitrogens with zero attached hydrogens (tertiary/aromatic N) is 2. The van der Waals surface area contributed by atoms with Gasteiger partial charge in [-0.05, 0) is 63.5 Å². The van der Waals surface area contributed by atoms with Crippen LogP contribution in [-0.2, 0) is 17.9 Å². The topological polar surface area (TPSA) is 79.6 Å². The summed E-state index contributed by atoms with van der Waals surface area (Å²) in [7, 11) is 1.51. The number of imide groups is 1. The van der Waals surface area contributed by atoms with E-state index < -0.39 is 11.1 Å². The fraction of sp³-hybridized carbons (Fsp3) is 0.100. The second-order valence-corrected chi connectivity index (χ2v) is 9.90. The van der Waals surface area contributed by atoms with Crippen molar-refractivity contribution in [2.24, 2.45) is 0 Å². The first-order valence-electron chi connectivity index (χ1n) is 11.7. The van der Waals surface area contributed by atoms with E-state index in [0.717, 1.165) is 33.0 Å². The third kappa shape index (κ3) is 5.10. The van der Waals surface area contributed by atoms with Crippen molar-refractivity contribution in [1.29, 1.82) is 5.26 Å². The van der Waals surface area contributed by atoms with Gasteiger partial charge < -0.3 is 9.47 Å². The zero-order valence-corrected chi connectivity index (χ0v) is 21.9. The van der Waals surface area contributed by atoms with Crippen LogP contribution in [0.25, 0.3) is 16.8 Å². The van der Waals surface area contributed by atoms with Crippen LogP contribution in [0.3, 0.4) is 0 Å². The number of rotatable bonds is 7. The SMILES string of the molecule is COc1cc(/C=C2/SC(=O)N(Cc3ccccc3C#N)C2=O)cc(Cl)c1OCc1cccc2ccccc12. The molecule has 5 rings (SSSR count). The van der Waals surface area contributed by atoms with Gasteiger partial charge in [0.05, 0.1) is 35.2 Å². The van der Waals surface area contributed by atoms with Crippen molar-refractivity contribution in [3.8, 4) is 17.6 Å². The average Bonchev–Trinajstić information content (AvgIpc) is 3.19. The maximum absolute atomic E-state index is 13.0. The molecule has 1 saturated heterocycles. The van der Waals surface area contributed by atoms with Gasteiger partial charge >= 0.3 is 0 Å². The Balaban J connectivity index is 1.37. The van der Waals surface area contributed by atoms with Crippen LogP contribution in [0.4, 0.5) is 4.79 Å². The summed E-state index contributed by atoms with van der Waals surface area (Å²) in [5.41, 5.74) is 2.63. The largest absolute Gasteiger partial charge is 0.493 e. The van der Waals surface area contributed by atoms with Crippen LogP contribution in [0, 0.1) is 11.3 Å². The summed E-state index contributed by atoms with van der Waals surface area (Å²) in [5.74, 6) is 0.366. The second-order valence-electron chi connectivity index (χ2n) is 8.50. The Labute approximate surface area is 229 Å². The summed E-state index contributed by atoms with van der Waals surface area (Å²) in [6.45, 7) is 0.316. The molecule has 0 saturated carbocycles. The highest BCUT2D eigenvalue weighted by molar-refractivity contribution is 8.18. The summed E-state index contributed by atoms with van der Waals surface area (Å²) in [4.78, 5) is 27.0. The Kier molecular flexibility index (Phi) is 7.36. The first kappa shape index (κ1) is 25.4. The van der Waals surface area contributed by atoms with Gasteiger partial charge in [0.1, 0.15) is 6.61 Å². The summed E-state index contributed by atoms with van der Waals surface area (Å²) >= 11 is 7.43. The van der Waals surface area contributed by atoms with Crippen LogP contribution in [0.15, 0.2) is 83.8 Å². The number of nitriles is 1. The van der Waals surface area contributed by atoms with Crippen molar-refractivity contribution < 1.29 is 19.1 Å². The Morgan fingerprint density at radius 3 is 2.55 bits per heavy atom. The number of amides is 2. The second kappa shape index (κ2) is 11.0. The molecule has 1 fully saturated rings. The number of methoxy groups -OCH3 is 1. The molecule has 188 valence electrons. The van der Waals surface area contributed by atoms with E-state index in [0.29, 0.717) is 39.8 Å². The number of carbonyl (C=O) groups excluding carboxylic acids is 2. The summed E-state index contributed by atoms with van der Waals surface area (Å²) in [5, 5.41) is 11.5. The van der Waals surface area contributed by atoms with Gasteiger partial charge in [-0.15, -0.1) is 0 Å². The quantitative estimate of drug-likeness (QED) is 0.231. The Hall–Kier alpha value is -4.25. The van der Waals surface area contributed by atoms with E-state index in [1.807, 2.05) is 42.5 Å². The molecule has 8 heteroatoms. The highest BCUT2D eigenvalue weighted by Crippen LogP contribution is 2.40. The predicted octanol–water partition coefficient (Wildman–Crippen LogP) is 7.19. The fourth-order valence-electron chi connectivity index (χ4n) is 4.26. The van der Waals surface area contributed by atoms with E-state index in [-0.39, 0.29) is 11.4 Å². The van der Waals surface area contributed by atoms with Crippen molar-refractivity contribution in [1.82, 2.24) is 4.90 Å². The maximum atomic E-state index is 13.0. The lowest BCUT2D eigenvalue weighted by molar-refractivity contribution is -0.123. The molecule has 0 N–H and O–H groups in total. The van der Waals surface area contributed by atoms with Gasteiger partial charge in [-0.1, -0.05) is 72.3 Å². The fourth-order valence-corrected chi connectivity index (χ4v) is 5.37. The van der Waals surface area contributed by atoms with Crippen LogP contribution in [0.2, 0.25) is 5.02 Å². The molecular weight excluding hydrogens is 520 g/mol. The smallest absolute Gasteiger partial charge is 0.293 e. The first-order chi connectivity index (χ1) is 18.5. The molecule has 6 nitrogen and oxygen atoms in total. The van der Waals surface area contributed by atoms with E-state index in [1.54, 1.807) is 42.5 Å². The molecule has 0 aliphatic carbocycles. The average molecular weight is 541 g/mol. The number of hydrogen-bond donors (Lipinski definition) is 0. The standard InChI is InChI=1S/C30H21ClN2O4S/c1-36-26-14-19(13-25(31)28(26)37-18-23-11-6-10-20-7-4-5-12-24(20)23)15-27-29(34)33(30(35)38-27)17-22-9-3-2-8-21(22)16-32/h2-15H,17-18H2,1H3/b27-15+. The molecular formula is C30H21ClN2O4S. The predicted molar refractivity (Wildman–Crippen MR) is 149 cm³/mol. The first-order valence-corrected chi connectivity index (χ1v) is 12.9. The zero-order valence-electron chi connectivity index (χ0n) is 20.3. The van der Waals surface area contributed by atoms with E-state index in [2.05, 4.69) is 6.07 Å². The van der Waals surface area contributed by atoms with Gasteiger partial charge in [-0.25, -0.2) is 0 Å². The lowest BCUT2D eigenvalue weighted by atomic mass is 10.1. The molecule has 0 spiro atoms. The van der Waals surface area contributed by atoms with Crippen LogP contribution in [0.1, 0.15) is 22.3 Å². The molecule has 4 aromatic carbocycles. The van der Waals surface area contributed by atoms with Crippen LogP contribution < -0.4 is 9.47 Å². The lowest BCUT2D eigenvalue weighted by Gasteiger charge is -2.15. The number of benzene rings is 4. The maximum Gasteiger partial charge on any atom is 0.293 e. The molecule has 1 aliphatic rings. The van der Waals surface area contributed by atoms with Crippen LogP contribution >= 0.6 is 23.4 Å². The Morgan fingerprint density at radius 2 is 1.74 bits per heavy atom. The summed E-state index contributed by atoms with van der Waals surface area (Å²) in [6.07, 6.45) is 1.60. The lowest BCUT2D eigenvalue weighted by Crippen LogP contribution is -2.27. The molecule has 4 aromatic rings. The summed E-state index contributed by atoms with van der Waals surface area (Å²) in [6, 6.07) is 26.5. The third-order valence-electron chi connectivity index (χ3n) is 6.14. The number of ether oxygens (including phenoxy) is 2. The molecule has 0 unspecified atom stereocenters. The van der Waals surface area contributed by atoms with E-state index in [1.165, 1.54) is 7.11 Å². The third-order valence-corrected chi connectivity index (χ3v) is 7.33. The minimum atomic E-state index is -0.431. The van der Waals surface area contributed by atoms with Crippen LogP contribution in [-0.4, -0.2) is 23.2 Å². The van der Waals surface area contributed by atoms with Crippen molar-refractivity contribution >= 4 is 51.4 Å². The molecule has 0 radical (unpaired) electrons. The Morgan fingerprint density at radius 1 is 1.00 bits per heavy atom. The molecule has 1 aliphatic heterocycles. The number of fused-ring (bicyclic) bond motifs is 1. The number of halogens is 1. The van der Waals surface area contributed by atoms with Gasteiger partial charge in [0.25, 0.3) is 11.1 Å². The highest BCUT2D eigenvalue weighted by atomic mass is 35.5. The Bertz CT molecular complexity index is 1640. The molecule has 0 aromatic heterocycles. The molecule has 0 bridgehead atoms. The zero-order chi connectivity index (χ0) is 26.6. The van der Waals surface area contributed by atoms with Crippen LogP contribution in [0.5, 0.6) is 11.5 Å². The summed E-state index contributed by atoms with van der Waals surface area (Å²) < 4.78 is 11.6. The van der Waals surface area contributed by atoms with Gasteiger partial charge in [0.15, 0.2) is 11.5 Å². The van der Waals surface area contributed by atoms with E-state index in [9.17, 15) is 14.9 Å². The van der Waals surface area contributed by atoms with Gasteiger partial charge in [-0.3, -0.25) is 14.5 Å². The number of carbonyl (C=O) groups is 2. The minimum absolute atomic E-state index is 0.0246. The van der Waals surface area contributed by atoms with Crippen molar-refractivity contribution in [3.05, 3.63) is 111 Å². The molecule has 2 amide bonds. The number of thioether (sulfide) groups is 1. The van der Waals surface area contributed by atoms with Crippen molar-refractivity contribution in [2.75, 3.05) is 7.11 Å². The van der Waals surface area contributed by atoms with Crippen molar-refractivity contribution in [2.45, 2.75) is 13.2 Å². The molecule has 38 heavy (non-hydrogen) atoms. The minimum Gasteiger partial charge on any atom is -0.493 e. The number of hydrogen-bond acceptors (Lipinski definition) is 6. The molecule has 0 atom stereocenters.